The summed E-state index contributed by atoms with van der Waals surface area (Å²) in [6.45, 7) is 5.38. The molecule has 1 saturated heterocycles. The van der Waals surface area contributed by atoms with Gasteiger partial charge in [-0.05, 0) is 24.5 Å². The van der Waals surface area contributed by atoms with Crippen molar-refractivity contribution in [2.75, 3.05) is 12.4 Å². The third-order valence-corrected chi connectivity index (χ3v) is 6.76. The predicted molar refractivity (Wildman–Crippen MR) is 108 cm³/mol. The summed E-state index contributed by atoms with van der Waals surface area (Å²) in [5.74, 6) is -0.343. The number of benzene rings is 1. The highest BCUT2D eigenvalue weighted by Gasteiger charge is 2.48. The zero-order chi connectivity index (χ0) is 20.4. The largest absolute Gasteiger partial charge is 0.394 e. The number of rotatable bonds is 7. The molecule has 0 unspecified atom stereocenters. The van der Waals surface area contributed by atoms with Gasteiger partial charge in [0.05, 0.1) is 6.61 Å². The van der Waals surface area contributed by atoms with E-state index in [-0.39, 0.29) is 35.6 Å². The van der Waals surface area contributed by atoms with Crippen molar-refractivity contribution >= 4 is 29.5 Å². The Kier molecular flexibility index (Phi) is 6.30. The van der Waals surface area contributed by atoms with E-state index < -0.39 is 18.1 Å². The minimum Gasteiger partial charge on any atom is -0.394 e. The highest BCUT2D eigenvalue weighted by atomic mass is 32.2. The second kappa shape index (κ2) is 8.53. The van der Waals surface area contributed by atoms with Gasteiger partial charge in [-0.1, -0.05) is 38.5 Å². The first-order valence-corrected chi connectivity index (χ1v) is 10.7. The zero-order valence-corrected chi connectivity index (χ0v) is 17.2. The van der Waals surface area contributed by atoms with E-state index >= 15 is 0 Å². The minimum atomic E-state index is -0.712. The number of amides is 3. The number of fused-ring (bicyclic) bond motifs is 3. The first kappa shape index (κ1) is 20.7. The molecular formula is C20H27N3O4S. The molecule has 152 valence electrons. The van der Waals surface area contributed by atoms with E-state index in [0.29, 0.717) is 17.7 Å². The lowest BCUT2D eigenvalue weighted by Gasteiger charge is -2.28. The van der Waals surface area contributed by atoms with Crippen LogP contribution in [0.1, 0.15) is 48.5 Å². The summed E-state index contributed by atoms with van der Waals surface area (Å²) in [4.78, 5) is 40.1. The molecule has 7 nitrogen and oxygen atoms in total. The lowest BCUT2D eigenvalue weighted by atomic mass is 9.97. The van der Waals surface area contributed by atoms with Crippen LogP contribution in [0.15, 0.2) is 24.3 Å². The summed E-state index contributed by atoms with van der Waals surface area (Å²) in [6.07, 6.45) is 0.710. The highest BCUT2D eigenvalue weighted by Crippen LogP contribution is 2.48. The first-order valence-electron chi connectivity index (χ1n) is 9.63. The van der Waals surface area contributed by atoms with Crippen molar-refractivity contribution in [3.05, 3.63) is 35.4 Å². The molecule has 0 bridgehead atoms. The zero-order valence-electron chi connectivity index (χ0n) is 16.3. The molecule has 8 heteroatoms. The molecule has 28 heavy (non-hydrogen) atoms. The third kappa shape index (κ3) is 3.75. The Morgan fingerprint density at radius 1 is 1.29 bits per heavy atom. The van der Waals surface area contributed by atoms with Crippen LogP contribution in [0.4, 0.5) is 0 Å². The van der Waals surface area contributed by atoms with Gasteiger partial charge in [-0.2, -0.15) is 0 Å². The van der Waals surface area contributed by atoms with Gasteiger partial charge in [-0.25, -0.2) is 0 Å². The van der Waals surface area contributed by atoms with Gasteiger partial charge in [0.1, 0.15) is 17.5 Å². The molecule has 1 fully saturated rings. The molecule has 0 radical (unpaired) electrons. The van der Waals surface area contributed by atoms with Crippen LogP contribution in [0.3, 0.4) is 0 Å². The lowest BCUT2D eigenvalue weighted by Crippen LogP contribution is -2.56. The predicted octanol–water partition coefficient (Wildman–Crippen LogP) is 1.28. The summed E-state index contributed by atoms with van der Waals surface area (Å²) in [6, 6.07) is 5.73. The minimum absolute atomic E-state index is 0.0776. The maximum atomic E-state index is 13.0. The molecule has 1 aromatic carbocycles. The Balaban J connectivity index is 1.74. The van der Waals surface area contributed by atoms with Gasteiger partial charge in [0, 0.05) is 17.4 Å². The molecule has 2 heterocycles. The molecule has 1 aromatic rings. The van der Waals surface area contributed by atoms with Crippen molar-refractivity contribution in [1.82, 2.24) is 15.5 Å². The van der Waals surface area contributed by atoms with Crippen LogP contribution >= 0.6 is 11.8 Å². The third-order valence-electron chi connectivity index (χ3n) is 5.45. The lowest BCUT2D eigenvalue weighted by molar-refractivity contribution is -0.132. The molecule has 0 saturated carbocycles. The van der Waals surface area contributed by atoms with Crippen LogP contribution < -0.4 is 10.6 Å². The standard InChI is InChI=1S/C20H27N3O4S/c1-4-11(2)16(18(26)21-12(3)9-24)22-17(25)15-10-28-20-14-8-6-5-7-13(14)19(27)23(15)20/h5-8,11-12,15-16,20,24H,4,9-10H2,1-3H3,(H,21,26)(H,22,25)/t11-,12-,15+,16-,20-/m0/s1. The van der Waals surface area contributed by atoms with Crippen LogP contribution in [-0.2, 0) is 9.59 Å². The topological polar surface area (TPSA) is 98.7 Å². The number of carbonyl (C=O) groups is 3. The number of aliphatic hydroxyl groups is 1. The average Bonchev–Trinajstić information content (AvgIpc) is 3.25. The normalized spacial score (nSPS) is 23.6. The molecular weight excluding hydrogens is 378 g/mol. The summed E-state index contributed by atoms with van der Waals surface area (Å²) >= 11 is 1.57. The maximum Gasteiger partial charge on any atom is 0.256 e. The van der Waals surface area contributed by atoms with Crippen LogP contribution in [0, 0.1) is 5.92 Å². The SMILES string of the molecule is CC[C@H](C)[C@H](NC(=O)[C@H]1CS[C@H]2c3ccccc3C(=O)N12)C(=O)N[C@@H](C)CO. The number of nitrogens with one attached hydrogen (secondary N) is 2. The van der Waals surface area contributed by atoms with Crippen LogP contribution in [-0.4, -0.2) is 58.2 Å². The van der Waals surface area contributed by atoms with E-state index in [9.17, 15) is 19.5 Å². The fraction of sp³-hybridized carbons (Fsp3) is 0.550. The second-order valence-electron chi connectivity index (χ2n) is 7.47. The van der Waals surface area contributed by atoms with Gasteiger partial charge < -0.3 is 20.6 Å². The Bertz CT molecular complexity index is 772. The summed E-state index contributed by atoms with van der Waals surface area (Å²) in [5.41, 5.74) is 1.59. The molecule has 3 amide bonds. The van der Waals surface area contributed by atoms with Gasteiger partial charge in [-0.15, -0.1) is 11.8 Å². The van der Waals surface area contributed by atoms with Crippen molar-refractivity contribution in [1.29, 1.82) is 0 Å². The quantitative estimate of drug-likeness (QED) is 0.635. The van der Waals surface area contributed by atoms with E-state index in [0.717, 1.165) is 5.56 Å². The van der Waals surface area contributed by atoms with Crippen molar-refractivity contribution in [3.63, 3.8) is 0 Å². The number of hydrogen-bond acceptors (Lipinski definition) is 5. The number of carbonyl (C=O) groups excluding carboxylic acids is 3. The van der Waals surface area contributed by atoms with Gasteiger partial charge in [0.2, 0.25) is 11.8 Å². The van der Waals surface area contributed by atoms with Gasteiger partial charge in [-0.3, -0.25) is 14.4 Å². The molecule has 2 aliphatic rings. The molecule has 2 aliphatic heterocycles. The summed E-state index contributed by atoms with van der Waals surface area (Å²) in [5, 5.41) is 14.6. The van der Waals surface area contributed by atoms with Crippen molar-refractivity contribution in [2.24, 2.45) is 5.92 Å². The van der Waals surface area contributed by atoms with Gasteiger partial charge >= 0.3 is 0 Å². The smallest absolute Gasteiger partial charge is 0.256 e. The highest BCUT2D eigenvalue weighted by molar-refractivity contribution is 7.99. The average molecular weight is 406 g/mol. The van der Waals surface area contributed by atoms with E-state index in [1.165, 1.54) is 0 Å². The number of hydrogen-bond donors (Lipinski definition) is 3. The Hall–Kier alpha value is -2.06. The molecule has 0 spiro atoms. The van der Waals surface area contributed by atoms with Crippen molar-refractivity contribution in [3.8, 4) is 0 Å². The van der Waals surface area contributed by atoms with E-state index in [4.69, 9.17) is 0 Å². The summed E-state index contributed by atoms with van der Waals surface area (Å²) < 4.78 is 0. The van der Waals surface area contributed by atoms with E-state index in [1.54, 1.807) is 29.7 Å². The van der Waals surface area contributed by atoms with Crippen LogP contribution in [0.5, 0.6) is 0 Å². The van der Waals surface area contributed by atoms with Gasteiger partial charge in [0.25, 0.3) is 5.91 Å². The van der Waals surface area contributed by atoms with Crippen molar-refractivity contribution in [2.45, 2.75) is 50.7 Å². The fourth-order valence-electron chi connectivity index (χ4n) is 3.57. The van der Waals surface area contributed by atoms with Crippen LogP contribution in [0.2, 0.25) is 0 Å². The van der Waals surface area contributed by atoms with E-state index in [2.05, 4.69) is 10.6 Å². The molecule has 3 rings (SSSR count). The number of thioether (sulfide) groups is 1. The maximum absolute atomic E-state index is 13.0. The Labute approximate surface area is 169 Å². The number of nitrogens with zero attached hydrogens (tertiary/aromatic N) is 1. The Morgan fingerprint density at radius 2 is 2.00 bits per heavy atom. The molecule has 0 aromatic heterocycles. The van der Waals surface area contributed by atoms with E-state index in [1.807, 2.05) is 32.0 Å². The monoisotopic (exact) mass is 405 g/mol. The Morgan fingerprint density at radius 3 is 2.68 bits per heavy atom. The second-order valence-corrected chi connectivity index (χ2v) is 8.58. The van der Waals surface area contributed by atoms with Gasteiger partial charge in [0.15, 0.2) is 0 Å². The molecule has 3 N–H and O–H groups in total. The fourth-order valence-corrected chi connectivity index (χ4v) is 5.04. The van der Waals surface area contributed by atoms with Crippen LogP contribution in [0.25, 0.3) is 0 Å². The van der Waals surface area contributed by atoms with Crippen molar-refractivity contribution < 1.29 is 19.5 Å². The molecule has 5 atom stereocenters. The number of aliphatic hydroxyl groups excluding tert-OH is 1. The summed E-state index contributed by atoms with van der Waals surface area (Å²) in [7, 11) is 0. The molecule has 0 aliphatic carbocycles. The first-order chi connectivity index (χ1) is 13.4.